The average Bonchev–Trinajstić information content (AvgIpc) is 2.79. The number of rotatable bonds is 18. The molecule has 210 valence electrons. The third kappa shape index (κ3) is 20.8. The van der Waals surface area contributed by atoms with E-state index in [-0.39, 0.29) is 24.0 Å². The number of amides is 4. The fourth-order valence-corrected chi connectivity index (χ4v) is 3.57. The first-order valence-corrected chi connectivity index (χ1v) is 13.6. The first-order valence-electron chi connectivity index (χ1n) is 13.6. The van der Waals surface area contributed by atoms with Gasteiger partial charge in [0.05, 0.1) is 0 Å². The van der Waals surface area contributed by atoms with E-state index in [0.717, 1.165) is 77.3 Å². The van der Waals surface area contributed by atoms with Gasteiger partial charge in [-0.15, -0.1) is 0 Å². The third-order valence-electron chi connectivity index (χ3n) is 5.71. The van der Waals surface area contributed by atoms with Gasteiger partial charge in [0.1, 0.15) is 0 Å². The highest BCUT2D eigenvalue weighted by atomic mass is 16.2. The minimum atomic E-state index is -0.407. The number of nitrogens with two attached hydrogens (primary N) is 2. The summed E-state index contributed by atoms with van der Waals surface area (Å²) in [4.78, 5) is 33.7. The molecule has 0 saturated heterocycles. The number of hydrogen-bond acceptors (Lipinski definition) is 3. The zero-order valence-corrected chi connectivity index (χ0v) is 23.4. The Morgan fingerprint density at radius 3 is 1.47 bits per heavy atom. The molecule has 0 spiro atoms. The van der Waals surface area contributed by atoms with Gasteiger partial charge in [0, 0.05) is 25.2 Å². The molecule has 11 heteroatoms. The Balaban J connectivity index is 3.94. The lowest BCUT2D eigenvalue weighted by Crippen LogP contribution is -2.38. The fraction of sp³-hybridized carbons (Fsp3) is 0.840. The molecule has 0 aromatic heterocycles. The Bertz CT molecular complexity index is 601. The van der Waals surface area contributed by atoms with E-state index in [2.05, 4.69) is 50.0 Å². The monoisotopic (exact) mass is 511 g/mol. The van der Waals surface area contributed by atoms with E-state index in [0.29, 0.717) is 13.1 Å². The standard InChI is InChI=1S/C25H53N9O2/c1-6-8-10-14-20(3)30-24(35)32-22(26)28-16-12-18-34(5)19-13-17-29-23(27)33-25(36)31-21(4)15-11-9-7-2/h20-21H,6-19H2,1-5H3,(H4,26,28,30,32,35)(H4,27,29,31,33,36). The molecule has 0 fully saturated rings. The Morgan fingerprint density at radius 2 is 1.11 bits per heavy atom. The van der Waals surface area contributed by atoms with Gasteiger partial charge in [-0.25, -0.2) is 9.59 Å². The van der Waals surface area contributed by atoms with Gasteiger partial charge in [0.2, 0.25) is 0 Å². The van der Waals surface area contributed by atoms with Crippen molar-refractivity contribution in [3.05, 3.63) is 0 Å². The summed E-state index contributed by atoms with van der Waals surface area (Å²) >= 11 is 0. The fourth-order valence-electron chi connectivity index (χ4n) is 3.57. The number of unbranched alkanes of at least 4 members (excludes halogenated alkanes) is 4. The van der Waals surface area contributed by atoms with Crippen molar-refractivity contribution in [2.75, 3.05) is 33.2 Å². The van der Waals surface area contributed by atoms with Crippen molar-refractivity contribution in [3.63, 3.8) is 0 Å². The highest BCUT2D eigenvalue weighted by Gasteiger charge is 2.08. The highest BCUT2D eigenvalue weighted by Crippen LogP contribution is 2.03. The van der Waals surface area contributed by atoms with Crippen LogP contribution in [0.3, 0.4) is 0 Å². The lowest BCUT2D eigenvalue weighted by Gasteiger charge is -2.17. The smallest absolute Gasteiger partial charge is 0.344 e. The van der Waals surface area contributed by atoms with Gasteiger partial charge < -0.3 is 37.6 Å². The highest BCUT2D eigenvalue weighted by molar-refractivity contribution is 5.92. The molecule has 0 aliphatic rings. The summed E-state index contributed by atoms with van der Waals surface area (Å²) in [5.74, 6) is 0.267. The number of guanidine groups is 2. The van der Waals surface area contributed by atoms with Gasteiger partial charge in [0.25, 0.3) is 0 Å². The van der Waals surface area contributed by atoms with E-state index in [4.69, 9.17) is 11.5 Å². The van der Waals surface area contributed by atoms with Gasteiger partial charge in [0.15, 0.2) is 11.9 Å². The third-order valence-corrected chi connectivity index (χ3v) is 5.71. The summed E-state index contributed by atoms with van der Waals surface area (Å²) in [5, 5.41) is 11.6. The van der Waals surface area contributed by atoms with Crippen LogP contribution < -0.4 is 32.7 Å². The molecule has 0 radical (unpaired) electrons. The van der Waals surface area contributed by atoms with E-state index in [1.807, 2.05) is 20.9 Å². The van der Waals surface area contributed by atoms with Gasteiger partial charge in [-0.3, -0.25) is 0 Å². The van der Waals surface area contributed by atoms with Crippen molar-refractivity contribution >= 4 is 24.0 Å². The van der Waals surface area contributed by atoms with Crippen molar-refractivity contribution in [1.82, 2.24) is 26.2 Å². The number of carbonyl (C=O) groups excluding carboxylic acids is 2. The number of carbonyl (C=O) groups is 2. The summed E-state index contributed by atoms with van der Waals surface area (Å²) in [5.41, 5.74) is 11.6. The van der Waals surface area contributed by atoms with Crippen molar-refractivity contribution in [3.8, 4) is 0 Å². The predicted molar refractivity (Wildman–Crippen MR) is 150 cm³/mol. The molecule has 0 aromatic rings. The van der Waals surface area contributed by atoms with Crippen LogP contribution in [0.15, 0.2) is 9.98 Å². The summed E-state index contributed by atoms with van der Waals surface area (Å²) in [7, 11) is 2.04. The first kappa shape index (κ1) is 33.4. The second-order valence-electron chi connectivity index (χ2n) is 9.55. The molecule has 36 heavy (non-hydrogen) atoms. The lowest BCUT2D eigenvalue weighted by molar-refractivity contribution is 0.244. The Kier molecular flexibility index (Phi) is 20.2. The molecule has 0 aliphatic heterocycles. The van der Waals surface area contributed by atoms with E-state index < -0.39 is 12.1 Å². The van der Waals surface area contributed by atoms with Gasteiger partial charge in [-0.05, 0) is 59.7 Å². The number of nitrogens with zero attached hydrogens (tertiary/aromatic N) is 3. The molecule has 11 nitrogen and oxygen atoms in total. The maximum Gasteiger partial charge on any atom is 0.344 e. The molecule has 0 heterocycles. The van der Waals surface area contributed by atoms with E-state index in [9.17, 15) is 9.59 Å². The average molecular weight is 512 g/mol. The maximum absolute atomic E-state index is 11.9. The second kappa shape index (κ2) is 21.7. The van der Waals surface area contributed by atoms with E-state index >= 15 is 0 Å². The molecule has 2 atom stereocenters. The van der Waals surface area contributed by atoms with Crippen LogP contribution >= 0.6 is 0 Å². The van der Waals surface area contributed by atoms with Crippen LogP contribution in [0.1, 0.15) is 91.9 Å². The minimum Gasteiger partial charge on any atom is -0.370 e. The van der Waals surface area contributed by atoms with Gasteiger partial charge >= 0.3 is 12.1 Å². The first-order chi connectivity index (χ1) is 17.2. The van der Waals surface area contributed by atoms with Crippen molar-refractivity contribution in [2.45, 2.75) is 104 Å². The zero-order chi connectivity index (χ0) is 27.2. The largest absolute Gasteiger partial charge is 0.370 e. The van der Waals surface area contributed by atoms with Crippen LogP contribution in [-0.2, 0) is 0 Å². The lowest BCUT2D eigenvalue weighted by atomic mass is 10.1. The molecule has 2 unspecified atom stereocenters. The molecule has 0 aromatic carbocycles. The summed E-state index contributed by atoms with van der Waals surface area (Å²) in [6.45, 7) is 11.3. The van der Waals surface area contributed by atoms with E-state index in [1.165, 1.54) is 0 Å². The SMILES string of the molecule is CCCCCC(C)NC(=O)N=C(N)NCCCN(C)CCCNC(N)=NC(=O)NC(C)CCCCC. The van der Waals surface area contributed by atoms with Crippen LogP contribution in [0.2, 0.25) is 0 Å². The molecule has 8 N–H and O–H groups in total. The van der Waals surface area contributed by atoms with Crippen LogP contribution in [0.5, 0.6) is 0 Å². The topological polar surface area (TPSA) is 162 Å². The van der Waals surface area contributed by atoms with Crippen LogP contribution in [0.4, 0.5) is 9.59 Å². The quantitative estimate of drug-likeness (QED) is 0.0936. The predicted octanol–water partition coefficient (Wildman–Crippen LogP) is 2.86. The van der Waals surface area contributed by atoms with Gasteiger partial charge in [-0.1, -0.05) is 52.4 Å². The number of nitrogens with one attached hydrogen (secondary N) is 4. The molecule has 0 bridgehead atoms. The summed E-state index contributed by atoms with van der Waals surface area (Å²) < 4.78 is 0. The van der Waals surface area contributed by atoms with Crippen LogP contribution in [0.25, 0.3) is 0 Å². The molecular formula is C25H53N9O2. The second-order valence-corrected chi connectivity index (χ2v) is 9.55. The number of urea groups is 2. The van der Waals surface area contributed by atoms with Gasteiger partial charge in [-0.2, -0.15) is 9.98 Å². The summed E-state index contributed by atoms with van der Waals surface area (Å²) in [6.07, 6.45) is 10.4. The zero-order valence-electron chi connectivity index (χ0n) is 23.4. The molecule has 0 rings (SSSR count). The van der Waals surface area contributed by atoms with Crippen molar-refractivity contribution < 1.29 is 9.59 Å². The molecular weight excluding hydrogens is 458 g/mol. The Labute approximate surface area is 218 Å². The molecule has 0 aliphatic carbocycles. The van der Waals surface area contributed by atoms with E-state index in [1.54, 1.807) is 0 Å². The van der Waals surface area contributed by atoms with Crippen molar-refractivity contribution in [1.29, 1.82) is 0 Å². The minimum absolute atomic E-state index is 0.0894. The Hall–Kier alpha value is -2.56. The normalized spacial score (nSPS) is 13.8. The Morgan fingerprint density at radius 1 is 0.722 bits per heavy atom. The van der Waals surface area contributed by atoms with Crippen LogP contribution in [-0.4, -0.2) is 74.2 Å². The van der Waals surface area contributed by atoms with Crippen LogP contribution in [0, 0.1) is 0 Å². The van der Waals surface area contributed by atoms with Crippen molar-refractivity contribution in [2.24, 2.45) is 21.5 Å². The summed E-state index contributed by atoms with van der Waals surface area (Å²) in [6, 6.07) is -0.635. The molecule has 4 amide bonds. The maximum atomic E-state index is 11.9. The molecule has 0 saturated carbocycles. The number of hydrogen-bond donors (Lipinski definition) is 6. The number of aliphatic imine (C=N–C) groups is 2.